The van der Waals surface area contributed by atoms with Crippen molar-refractivity contribution in [2.24, 2.45) is 0 Å². The number of carbonyl (C=O) groups excluding carboxylic acids is 1. The van der Waals surface area contributed by atoms with Gasteiger partial charge in [0.15, 0.2) is 0 Å². The van der Waals surface area contributed by atoms with Crippen LogP contribution in [0.5, 0.6) is 0 Å². The molecule has 2 aromatic rings. The highest BCUT2D eigenvalue weighted by molar-refractivity contribution is 6.68. The average Bonchev–Trinajstić information content (AvgIpc) is 2.50. The Morgan fingerprint density at radius 1 is 1.00 bits per heavy atom. The van der Waals surface area contributed by atoms with Gasteiger partial charge in [0, 0.05) is 5.69 Å². The van der Waals surface area contributed by atoms with Gasteiger partial charge in [-0.3, -0.25) is 4.79 Å². The molecule has 0 fully saturated rings. The van der Waals surface area contributed by atoms with Crippen molar-refractivity contribution >= 4 is 69.6 Å². The zero-order valence-corrected chi connectivity index (χ0v) is 16.0. The summed E-state index contributed by atoms with van der Waals surface area (Å²) >= 11 is 29.7. The molecule has 0 aromatic heterocycles. The molecular formula is C16H13Cl5N2O. The summed E-state index contributed by atoms with van der Waals surface area (Å²) in [6, 6.07) is 14.1. The normalized spacial score (nSPS) is 12.5. The predicted octanol–water partition coefficient (Wildman–Crippen LogP) is 5.46. The van der Waals surface area contributed by atoms with E-state index in [1.807, 2.05) is 30.3 Å². The Bertz CT molecular complexity index is 703. The van der Waals surface area contributed by atoms with Gasteiger partial charge in [0.2, 0.25) is 9.70 Å². The quantitative estimate of drug-likeness (QED) is 0.492. The van der Waals surface area contributed by atoms with Crippen molar-refractivity contribution < 1.29 is 4.79 Å². The average molecular weight is 427 g/mol. The summed E-state index contributed by atoms with van der Waals surface area (Å²) in [5.74, 6) is -0.287. The maximum Gasteiger partial charge on any atom is 0.228 e. The smallest absolute Gasteiger partial charge is 0.228 e. The third-order valence-electron chi connectivity index (χ3n) is 3.07. The van der Waals surface area contributed by atoms with Gasteiger partial charge in [-0.05, 0) is 23.8 Å². The molecule has 1 unspecified atom stereocenters. The second-order valence-corrected chi connectivity index (χ2v) is 8.16. The van der Waals surface area contributed by atoms with Crippen molar-refractivity contribution in [3.05, 3.63) is 64.1 Å². The molecule has 2 rings (SSSR count). The maximum atomic E-state index is 12.2. The van der Waals surface area contributed by atoms with Crippen LogP contribution in [0.3, 0.4) is 0 Å². The number of amides is 1. The standard InChI is InChI=1S/C16H13Cl5N2O/c17-12-7-6-11(9-13(12)18)22-15(16(19,20)21)23-14(24)8-10-4-2-1-3-5-10/h1-7,9,15,22H,8H2,(H,23,24). The first kappa shape index (κ1) is 19.5. The highest BCUT2D eigenvalue weighted by Crippen LogP contribution is 2.32. The SMILES string of the molecule is O=C(Cc1ccccc1)NC(Nc1ccc(Cl)c(Cl)c1)C(Cl)(Cl)Cl. The highest BCUT2D eigenvalue weighted by Gasteiger charge is 2.34. The van der Waals surface area contributed by atoms with Crippen molar-refractivity contribution in [2.45, 2.75) is 16.4 Å². The summed E-state index contributed by atoms with van der Waals surface area (Å²) in [5.41, 5.74) is 1.41. The molecule has 0 spiro atoms. The van der Waals surface area contributed by atoms with Crippen LogP contribution in [0.1, 0.15) is 5.56 Å². The van der Waals surface area contributed by atoms with Gasteiger partial charge in [0.25, 0.3) is 0 Å². The first-order valence-corrected chi connectivity index (χ1v) is 8.76. The lowest BCUT2D eigenvalue weighted by molar-refractivity contribution is -0.120. The molecule has 2 N–H and O–H groups in total. The van der Waals surface area contributed by atoms with Crippen LogP contribution in [-0.4, -0.2) is 15.9 Å². The Hall–Kier alpha value is -0.840. The predicted molar refractivity (Wildman–Crippen MR) is 102 cm³/mol. The summed E-state index contributed by atoms with van der Waals surface area (Å²) in [6.45, 7) is 0. The fourth-order valence-corrected chi connectivity index (χ4v) is 2.57. The molecule has 128 valence electrons. The molecule has 0 aliphatic heterocycles. The molecule has 1 amide bonds. The van der Waals surface area contributed by atoms with Gasteiger partial charge in [0.05, 0.1) is 16.5 Å². The lowest BCUT2D eigenvalue weighted by Gasteiger charge is -2.27. The van der Waals surface area contributed by atoms with Crippen LogP contribution in [0.4, 0.5) is 5.69 Å². The third kappa shape index (κ3) is 5.91. The van der Waals surface area contributed by atoms with Crippen molar-refractivity contribution in [1.29, 1.82) is 0 Å². The summed E-state index contributed by atoms with van der Waals surface area (Å²) in [5, 5.41) is 6.35. The Labute approximate surface area is 165 Å². The van der Waals surface area contributed by atoms with Crippen molar-refractivity contribution in [2.75, 3.05) is 5.32 Å². The molecule has 2 aromatic carbocycles. The number of carbonyl (C=O) groups is 1. The zero-order valence-electron chi connectivity index (χ0n) is 12.2. The lowest BCUT2D eigenvalue weighted by atomic mass is 10.1. The maximum absolute atomic E-state index is 12.2. The number of alkyl halides is 3. The Kier molecular flexibility index (Phi) is 6.90. The molecule has 0 aliphatic rings. The first-order valence-electron chi connectivity index (χ1n) is 6.87. The number of rotatable bonds is 5. The summed E-state index contributed by atoms with van der Waals surface area (Å²) in [4.78, 5) is 12.2. The van der Waals surface area contributed by atoms with Crippen molar-refractivity contribution in [3.63, 3.8) is 0 Å². The van der Waals surface area contributed by atoms with Crippen molar-refractivity contribution in [3.8, 4) is 0 Å². The Morgan fingerprint density at radius 2 is 1.67 bits per heavy atom. The molecule has 0 aliphatic carbocycles. The Balaban J connectivity index is 2.08. The van der Waals surface area contributed by atoms with E-state index in [0.29, 0.717) is 15.7 Å². The third-order valence-corrected chi connectivity index (χ3v) is 4.46. The van der Waals surface area contributed by atoms with E-state index in [-0.39, 0.29) is 12.3 Å². The lowest BCUT2D eigenvalue weighted by Crippen LogP contribution is -2.49. The second-order valence-electron chi connectivity index (χ2n) is 4.98. The molecule has 0 heterocycles. The largest absolute Gasteiger partial charge is 0.362 e. The molecule has 0 bridgehead atoms. The van der Waals surface area contributed by atoms with Gasteiger partial charge < -0.3 is 10.6 Å². The first-order chi connectivity index (χ1) is 11.3. The number of hydrogen-bond acceptors (Lipinski definition) is 2. The number of benzene rings is 2. The molecule has 0 radical (unpaired) electrons. The summed E-state index contributed by atoms with van der Waals surface area (Å²) in [7, 11) is 0. The minimum absolute atomic E-state index is 0.168. The van der Waals surface area contributed by atoms with Gasteiger partial charge in [-0.15, -0.1) is 0 Å². The van der Waals surface area contributed by atoms with E-state index in [1.54, 1.807) is 18.2 Å². The fraction of sp³-hybridized carbons (Fsp3) is 0.188. The number of anilines is 1. The van der Waals surface area contributed by atoms with E-state index in [2.05, 4.69) is 10.6 Å². The van der Waals surface area contributed by atoms with E-state index in [1.165, 1.54) is 0 Å². The van der Waals surface area contributed by atoms with E-state index in [0.717, 1.165) is 5.56 Å². The fourth-order valence-electron chi connectivity index (χ4n) is 1.95. The molecule has 24 heavy (non-hydrogen) atoms. The summed E-state index contributed by atoms with van der Waals surface area (Å²) in [6.07, 6.45) is -0.780. The van der Waals surface area contributed by atoms with Crippen LogP contribution in [-0.2, 0) is 11.2 Å². The summed E-state index contributed by atoms with van der Waals surface area (Å²) < 4.78 is -1.77. The topological polar surface area (TPSA) is 41.1 Å². The van der Waals surface area contributed by atoms with E-state index >= 15 is 0 Å². The van der Waals surface area contributed by atoms with E-state index in [4.69, 9.17) is 58.0 Å². The second kappa shape index (κ2) is 8.50. The van der Waals surface area contributed by atoms with Crippen molar-refractivity contribution in [1.82, 2.24) is 5.32 Å². The highest BCUT2D eigenvalue weighted by atomic mass is 35.6. The van der Waals surface area contributed by atoms with Crippen LogP contribution in [0, 0.1) is 0 Å². The molecular weight excluding hydrogens is 413 g/mol. The van der Waals surface area contributed by atoms with E-state index < -0.39 is 9.96 Å². The molecule has 3 nitrogen and oxygen atoms in total. The molecule has 1 atom stereocenters. The minimum Gasteiger partial charge on any atom is -0.362 e. The number of hydrogen-bond donors (Lipinski definition) is 2. The zero-order chi connectivity index (χ0) is 17.7. The molecule has 0 saturated carbocycles. The van der Waals surface area contributed by atoms with Crippen LogP contribution in [0.25, 0.3) is 0 Å². The monoisotopic (exact) mass is 424 g/mol. The van der Waals surface area contributed by atoms with Crippen LogP contribution in [0.2, 0.25) is 10.0 Å². The van der Waals surface area contributed by atoms with E-state index in [9.17, 15) is 4.79 Å². The van der Waals surface area contributed by atoms with Gasteiger partial charge in [-0.1, -0.05) is 88.3 Å². The Morgan fingerprint density at radius 3 is 2.25 bits per heavy atom. The van der Waals surface area contributed by atoms with Gasteiger partial charge >= 0.3 is 0 Å². The van der Waals surface area contributed by atoms with Crippen LogP contribution >= 0.6 is 58.0 Å². The molecule has 8 heteroatoms. The van der Waals surface area contributed by atoms with Gasteiger partial charge in [-0.25, -0.2) is 0 Å². The van der Waals surface area contributed by atoms with Gasteiger partial charge in [-0.2, -0.15) is 0 Å². The van der Waals surface area contributed by atoms with Gasteiger partial charge in [0.1, 0.15) is 6.17 Å². The molecule has 0 saturated heterocycles. The van der Waals surface area contributed by atoms with Crippen LogP contribution < -0.4 is 10.6 Å². The number of halogens is 5. The minimum atomic E-state index is -1.77. The van der Waals surface area contributed by atoms with Crippen LogP contribution in [0.15, 0.2) is 48.5 Å². The number of nitrogens with one attached hydrogen (secondary N) is 2.